The van der Waals surface area contributed by atoms with Crippen LogP contribution in [0.4, 0.5) is 11.6 Å². The van der Waals surface area contributed by atoms with Gasteiger partial charge in [0.15, 0.2) is 5.82 Å². The highest BCUT2D eigenvalue weighted by Crippen LogP contribution is 2.60. The number of hydrogen-bond acceptors (Lipinski definition) is 7. The largest absolute Gasteiger partial charge is 0.390 e. The number of nitrogens with zero attached hydrogens (tertiary/aromatic N) is 6. The average Bonchev–Trinajstić information content (AvgIpc) is 3.57. The number of pyridine rings is 2. The van der Waals surface area contributed by atoms with E-state index < -0.39 is 17.4 Å². The fraction of sp³-hybridized carbons (Fsp3) is 0.483. The molecule has 4 saturated carbocycles. The topological polar surface area (TPSA) is 132 Å². The van der Waals surface area contributed by atoms with Gasteiger partial charge in [-0.2, -0.15) is 5.10 Å². The number of carbonyl (C=O) groups is 2. The molecule has 0 spiro atoms. The molecule has 0 radical (unpaired) electrons. The molecule has 1 saturated heterocycles. The standard InChI is InChI=1S/C29H32N8O3/c38-27(28(39)36-9-7-35(8-10-36)22-3-1-2-5-30-22)33-26-21-16-32-25-20(4-6-31-25)24(21)37(34-26)23-18-11-17-12-19(23)15-29(40,13-17)14-18/h1-6,16-19,23,40H,7-15H2,(H,31,32)(H,33,34,38)/t17?,18-,19+,23+,29-. The summed E-state index contributed by atoms with van der Waals surface area (Å²) in [6.07, 6.45) is 10.0. The number of piperazine rings is 1. The van der Waals surface area contributed by atoms with Crippen molar-refractivity contribution in [2.45, 2.75) is 43.7 Å². The molecule has 11 heteroatoms. The van der Waals surface area contributed by atoms with Crippen molar-refractivity contribution in [1.82, 2.24) is 29.6 Å². The zero-order valence-electron chi connectivity index (χ0n) is 22.2. The first-order chi connectivity index (χ1) is 19.5. The number of carbonyl (C=O) groups excluding carboxylic acids is 2. The lowest BCUT2D eigenvalue weighted by Crippen LogP contribution is -2.55. The van der Waals surface area contributed by atoms with Gasteiger partial charge in [-0.05, 0) is 68.1 Å². The third-order valence-corrected chi connectivity index (χ3v) is 9.69. The molecule has 4 aromatic heterocycles. The van der Waals surface area contributed by atoms with E-state index in [1.807, 2.05) is 30.5 Å². The Labute approximate surface area is 230 Å². The van der Waals surface area contributed by atoms with Crippen LogP contribution in [0.3, 0.4) is 0 Å². The van der Waals surface area contributed by atoms with Crippen LogP contribution in [0.1, 0.15) is 38.1 Å². The summed E-state index contributed by atoms with van der Waals surface area (Å²) in [6.45, 7) is 2.11. The Hall–Kier alpha value is -3.99. The van der Waals surface area contributed by atoms with Crippen molar-refractivity contribution in [3.8, 4) is 0 Å². The van der Waals surface area contributed by atoms with Crippen LogP contribution in [0.25, 0.3) is 21.9 Å². The summed E-state index contributed by atoms with van der Waals surface area (Å²) in [5.41, 5.74) is 1.13. The fourth-order valence-corrected chi connectivity index (χ4v) is 8.27. The first-order valence-corrected chi connectivity index (χ1v) is 14.3. The Kier molecular flexibility index (Phi) is 5.22. The number of nitrogens with one attached hydrogen (secondary N) is 2. The molecule has 9 rings (SSSR count). The Morgan fingerprint density at radius 1 is 1.00 bits per heavy atom. The monoisotopic (exact) mass is 540 g/mol. The van der Waals surface area contributed by atoms with Gasteiger partial charge in [0.05, 0.1) is 22.5 Å². The summed E-state index contributed by atoms with van der Waals surface area (Å²) >= 11 is 0. The molecule has 0 aromatic carbocycles. The maximum atomic E-state index is 13.3. The lowest BCUT2D eigenvalue weighted by molar-refractivity contribution is -0.148. The van der Waals surface area contributed by atoms with Gasteiger partial charge in [-0.25, -0.2) is 9.97 Å². The molecule has 206 valence electrons. The van der Waals surface area contributed by atoms with Crippen LogP contribution in [0.2, 0.25) is 0 Å². The normalized spacial score (nSPS) is 29.4. The molecular formula is C29H32N8O3. The van der Waals surface area contributed by atoms with Crippen molar-refractivity contribution in [1.29, 1.82) is 0 Å². The van der Waals surface area contributed by atoms with Gasteiger partial charge >= 0.3 is 11.8 Å². The molecule has 1 unspecified atom stereocenters. The number of H-pyrrole nitrogens is 1. The zero-order chi connectivity index (χ0) is 27.0. The van der Waals surface area contributed by atoms with E-state index in [1.165, 1.54) is 0 Å². The molecule has 5 heterocycles. The predicted molar refractivity (Wildman–Crippen MR) is 149 cm³/mol. The summed E-state index contributed by atoms with van der Waals surface area (Å²) < 4.78 is 2.08. The van der Waals surface area contributed by atoms with Crippen molar-refractivity contribution >= 4 is 45.4 Å². The zero-order valence-corrected chi connectivity index (χ0v) is 22.2. The molecule has 11 nitrogen and oxygen atoms in total. The minimum Gasteiger partial charge on any atom is -0.390 e. The molecule has 40 heavy (non-hydrogen) atoms. The van der Waals surface area contributed by atoms with Crippen molar-refractivity contribution < 1.29 is 14.7 Å². The molecule has 4 bridgehead atoms. The molecule has 5 aliphatic rings. The van der Waals surface area contributed by atoms with Gasteiger partial charge in [0.25, 0.3) is 0 Å². The number of aromatic nitrogens is 5. The highest BCUT2D eigenvalue weighted by Gasteiger charge is 2.56. The third kappa shape index (κ3) is 3.71. The Bertz CT molecular complexity index is 1610. The first-order valence-electron chi connectivity index (χ1n) is 14.3. The van der Waals surface area contributed by atoms with E-state index in [2.05, 4.69) is 29.9 Å². The van der Waals surface area contributed by atoms with Crippen LogP contribution in [-0.4, -0.2) is 78.3 Å². The van der Waals surface area contributed by atoms with E-state index in [9.17, 15) is 14.7 Å². The Morgan fingerprint density at radius 2 is 1.80 bits per heavy atom. The van der Waals surface area contributed by atoms with Crippen LogP contribution < -0.4 is 10.2 Å². The lowest BCUT2D eigenvalue weighted by atomic mass is 9.52. The van der Waals surface area contributed by atoms with Gasteiger partial charge in [0.1, 0.15) is 11.5 Å². The number of aromatic amines is 1. The van der Waals surface area contributed by atoms with E-state index in [4.69, 9.17) is 5.10 Å². The summed E-state index contributed by atoms with van der Waals surface area (Å²) in [5, 5.41) is 20.6. The number of fused-ring (bicyclic) bond motifs is 3. The third-order valence-electron chi connectivity index (χ3n) is 9.69. The summed E-state index contributed by atoms with van der Waals surface area (Å²) in [6, 6.07) is 7.90. The summed E-state index contributed by atoms with van der Waals surface area (Å²) in [4.78, 5) is 42.3. The number of aliphatic hydroxyl groups is 1. The van der Waals surface area contributed by atoms with Crippen LogP contribution in [0, 0.1) is 17.8 Å². The van der Waals surface area contributed by atoms with E-state index in [-0.39, 0.29) is 6.04 Å². The molecule has 1 aliphatic heterocycles. The van der Waals surface area contributed by atoms with Gasteiger partial charge in [-0.15, -0.1) is 0 Å². The van der Waals surface area contributed by atoms with Crippen molar-refractivity contribution in [3.63, 3.8) is 0 Å². The molecular weight excluding hydrogens is 508 g/mol. The van der Waals surface area contributed by atoms with Crippen molar-refractivity contribution in [2.75, 3.05) is 36.4 Å². The van der Waals surface area contributed by atoms with E-state index >= 15 is 0 Å². The molecule has 4 aromatic rings. The SMILES string of the molecule is O=C(Nc1nn([C@H]2[C@@H]3CC4C[C@H]2C[C@@](O)(C4)C3)c2c1cnc1[nH]ccc12)C(=O)N1CCN(c2ccccn2)CC1. The molecule has 4 aliphatic carbocycles. The van der Waals surface area contributed by atoms with E-state index in [0.717, 1.165) is 59.9 Å². The predicted octanol–water partition coefficient (Wildman–Crippen LogP) is 2.71. The van der Waals surface area contributed by atoms with Gasteiger partial charge in [0.2, 0.25) is 0 Å². The Balaban J connectivity index is 1.08. The fourth-order valence-electron chi connectivity index (χ4n) is 8.27. The number of rotatable bonds is 3. The molecule has 2 amide bonds. The van der Waals surface area contributed by atoms with Gasteiger partial charge in [-0.1, -0.05) is 6.07 Å². The van der Waals surface area contributed by atoms with Crippen molar-refractivity contribution in [3.05, 3.63) is 42.9 Å². The number of hydrogen-bond donors (Lipinski definition) is 3. The second-order valence-electron chi connectivity index (χ2n) is 12.2. The second kappa shape index (κ2) is 8.76. The molecule has 5 fully saturated rings. The summed E-state index contributed by atoms with van der Waals surface area (Å²) in [7, 11) is 0. The van der Waals surface area contributed by atoms with Crippen molar-refractivity contribution in [2.24, 2.45) is 17.8 Å². The smallest absolute Gasteiger partial charge is 0.315 e. The van der Waals surface area contributed by atoms with E-state index in [1.54, 1.807) is 17.3 Å². The first kappa shape index (κ1) is 23.9. The number of anilines is 2. The maximum Gasteiger partial charge on any atom is 0.315 e. The second-order valence-corrected chi connectivity index (χ2v) is 12.2. The number of amides is 2. The summed E-state index contributed by atoms with van der Waals surface area (Å²) in [5.74, 6) is 1.23. The van der Waals surface area contributed by atoms with Gasteiger partial charge in [0, 0.05) is 50.2 Å². The molecule has 3 N–H and O–H groups in total. The molecule has 5 atom stereocenters. The van der Waals surface area contributed by atoms with E-state index in [0.29, 0.717) is 49.8 Å². The highest BCUT2D eigenvalue weighted by molar-refractivity contribution is 6.40. The minimum atomic E-state index is -0.689. The highest BCUT2D eigenvalue weighted by atomic mass is 16.3. The minimum absolute atomic E-state index is 0.140. The average molecular weight is 541 g/mol. The lowest BCUT2D eigenvalue weighted by Gasteiger charge is -2.57. The van der Waals surface area contributed by atoms with Gasteiger partial charge in [-0.3, -0.25) is 14.3 Å². The van der Waals surface area contributed by atoms with Crippen LogP contribution in [0.5, 0.6) is 0 Å². The van der Waals surface area contributed by atoms with Crippen LogP contribution >= 0.6 is 0 Å². The van der Waals surface area contributed by atoms with Crippen LogP contribution in [0.15, 0.2) is 42.9 Å². The van der Waals surface area contributed by atoms with Gasteiger partial charge < -0.3 is 25.2 Å². The van der Waals surface area contributed by atoms with Crippen LogP contribution in [-0.2, 0) is 9.59 Å². The Morgan fingerprint density at radius 3 is 2.52 bits per heavy atom. The maximum absolute atomic E-state index is 13.3. The quantitative estimate of drug-likeness (QED) is 0.341.